The number of aryl methyl sites for hydroxylation is 1. The summed E-state index contributed by atoms with van der Waals surface area (Å²) >= 11 is 0. The average molecular weight is 267 g/mol. The highest BCUT2D eigenvalue weighted by molar-refractivity contribution is 5.88. The molecule has 0 radical (unpaired) electrons. The fourth-order valence-corrected chi connectivity index (χ4v) is 1.61. The molecule has 1 rings (SSSR count). The van der Waals surface area contributed by atoms with E-state index in [-0.39, 0.29) is 23.4 Å². The number of carboxylic acid groups (broad SMARTS) is 1. The number of carbonyl (C=O) groups is 2. The van der Waals surface area contributed by atoms with Gasteiger partial charge in [-0.2, -0.15) is 0 Å². The number of aromatic carboxylic acids is 1. The Labute approximate surface area is 113 Å². The van der Waals surface area contributed by atoms with Crippen LogP contribution < -0.4 is 5.32 Å². The van der Waals surface area contributed by atoms with Gasteiger partial charge in [0, 0.05) is 6.42 Å². The van der Waals surface area contributed by atoms with Crippen molar-refractivity contribution < 1.29 is 19.1 Å². The quantitative estimate of drug-likeness (QED) is 0.859. The third-order valence-electron chi connectivity index (χ3n) is 2.76. The van der Waals surface area contributed by atoms with E-state index < -0.39 is 5.97 Å². The van der Waals surface area contributed by atoms with Crippen LogP contribution in [0.15, 0.2) is 10.5 Å². The fraction of sp³-hybridized carbons (Fsp3) is 0.571. The third kappa shape index (κ3) is 5.16. The molecule has 106 valence electrons. The summed E-state index contributed by atoms with van der Waals surface area (Å²) in [6.45, 7) is 8.05. The van der Waals surface area contributed by atoms with Gasteiger partial charge in [-0.25, -0.2) is 4.79 Å². The van der Waals surface area contributed by atoms with Gasteiger partial charge in [-0.1, -0.05) is 20.8 Å². The van der Waals surface area contributed by atoms with Gasteiger partial charge < -0.3 is 14.8 Å². The Bertz CT molecular complexity index is 468. The molecule has 5 nitrogen and oxygen atoms in total. The Morgan fingerprint density at radius 2 is 2.00 bits per heavy atom. The Kier molecular flexibility index (Phi) is 4.75. The highest BCUT2D eigenvalue weighted by Gasteiger charge is 2.15. The predicted molar refractivity (Wildman–Crippen MR) is 70.9 cm³/mol. The van der Waals surface area contributed by atoms with Crippen molar-refractivity contribution in [2.75, 3.05) is 0 Å². The van der Waals surface area contributed by atoms with Crippen LogP contribution in [-0.4, -0.2) is 17.0 Å². The molecular weight excluding hydrogens is 246 g/mol. The first-order chi connectivity index (χ1) is 8.69. The smallest absolute Gasteiger partial charge is 0.339 e. The molecule has 0 bridgehead atoms. The lowest BCUT2D eigenvalue weighted by molar-refractivity contribution is -0.121. The van der Waals surface area contributed by atoms with Crippen molar-refractivity contribution in [1.82, 2.24) is 5.32 Å². The van der Waals surface area contributed by atoms with E-state index in [1.54, 1.807) is 6.92 Å². The van der Waals surface area contributed by atoms with Crippen LogP contribution in [-0.2, 0) is 11.3 Å². The maximum absolute atomic E-state index is 11.6. The molecule has 0 aliphatic heterocycles. The highest BCUT2D eigenvalue weighted by atomic mass is 16.4. The maximum atomic E-state index is 11.6. The minimum absolute atomic E-state index is 0.0548. The van der Waals surface area contributed by atoms with Crippen LogP contribution >= 0.6 is 0 Å². The van der Waals surface area contributed by atoms with Crippen LogP contribution in [0.25, 0.3) is 0 Å². The second-order valence-corrected chi connectivity index (χ2v) is 5.83. The molecule has 0 spiro atoms. The van der Waals surface area contributed by atoms with Gasteiger partial charge in [0.2, 0.25) is 5.91 Å². The van der Waals surface area contributed by atoms with Crippen molar-refractivity contribution in [1.29, 1.82) is 0 Å². The van der Waals surface area contributed by atoms with Crippen molar-refractivity contribution in [2.24, 2.45) is 5.41 Å². The zero-order valence-electron chi connectivity index (χ0n) is 11.9. The van der Waals surface area contributed by atoms with E-state index in [1.807, 2.05) is 0 Å². The first-order valence-corrected chi connectivity index (χ1v) is 6.28. The lowest BCUT2D eigenvalue weighted by atomic mass is 9.90. The van der Waals surface area contributed by atoms with Gasteiger partial charge in [0.05, 0.1) is 6.54 Å². The van der Waals surface area contributed by atoms with E-state index in [0.717, 1.165) is 6.42 Å². The summed E-state index contributed by atoms with van der Waals surface area (Å²) in [5.74, 6) is -0.266. The van der Waals surface area contributed by atoms with E-state index in [2.05, 4.69) is 26.1 Å². The Morgan fingerprint density at radius 3 is 2.47 bits per heavy atom. The van der Waals surface area contributed by atoms with E-state index in [0.29, 0.717) is 17.9 Å². The zero-order chi connectivity index (χ0) is 14.6. The maximum Gasteiger partial charge on any atom is 0.339 e. The molecule has 2 N–H and O–H groups in total. The molecule has 0 saturated heterocycles. The number of nitrogens with one attached hydrogen (secondary N) is 1. The van der Waals surface area contributed by atoms with Crippen molar-refractivity contribution in [3.63, 3.8) is 0 Å². The van der Waals surface area contributed by atoms with Gasteiger partial charge in [0.15, 0.2) is 0 Å². The molecular formula is C14H21NO4. The SMILES string of the molecule is Cc1oc(CNC(=O)CCC(C)(C)C)cc1C(=O)O. The summed E-state index contributed by atoms with van der Waals surface area (Å²) in [6.07, 6.45) is 1.26. The summed E-state index contributed by atoms with van der Waals surface area (Å²) in [4.78, 5) is 22.5. The van der Waals surface area contributed by atoms with Crippen LogP contribution in [0.3, 0.4) is 0 Å². The zero-order valence-corrected chi connectivity index (χ0v) is 11.9. The van der Waals surface area contributed by atoms with E-state index in [4.69, 9.17) is 9.52 Å². The molecule has 0 fully saturated rings. The van der Waals surface area contributed by atoms with Crippen LogP contribution in [0.5, 0.6) is 0 Å². The third-order valence-corrected chi connectivity index (χ3v) is 2.76. The summed E-state index contributed by atoms with van der Waals surface area (Å²) < 4.78 is 5.28. The number of carboxylic acids is 1. The first-order valence-electron chi connectivity index (χ1n) is 6.28. The van der Waals surface area contributed by atoms with Crippen molar-refractivity contribution in [2.45, 2.75) is 47.1 Å². The minimum Gasteiger partial charge on any atom is -0.478 e. The minimum atomic E-state index is -1.02. The Morgan fingerprint density at radius 1 is 1.37 bits per heavy atom. The van der Waals surface area contributed by atoms with Gasteiger partial charge >= 0.3 is 5.97 Å². The number of rotatable bonds is 5. The molecule has 19 heavy (non-hydrogen) atoms. The first kappa shape index (κ1) is 15.3. The predicted octanol–water partition coefficient (Wildman–Crippen LogP) is 2.73. The molecule has 1 amide bonds. The second-order valence-electron chi connectivity index (χ2n) is 5.83. The van der Waals surface area contributed by atoms with Crippen LogP contribution in [0.4, 0.5) is 0 Å². The molecule has 1 aromatic heterocycles. The molecule has 1 aromatic rings. The van der Waals surface area contributed by atoms with Crippen LogP contribution in [0, 0.1) is 12.3 Å². The lowest BCUT2D eigenvalue weighted by Crippen LogP contribution is -2.23. The van der Waals surface area contributed by atoms with Gasteiger partial charge in [-0.3, -0.25) is 4.79 Å². The normalized spacial score (nSPS) is 11.4. The molecule has 0 aliphatic rings. The fourth-order valence-electron chi connectivity index (χ4n) is 1.61. The van der Waals surface area contributed by atoms with Gasteiger partial charge in [-0.05, 0) is 24.8 Å². The van der Waals surface area contributed by atoms with Crippen molar-refractivity contribution in [3.8, 4) is 0 Å². The van der Waals surface area contributed by atoms with Crippen LogP contribution in [0.2, 0.25) is 0 Å². The molecule has 0 unspecified atom stereocenters. The van der Waals surface area contributed by atoms with Crippen LogP contribution in [0.1, 0.15) is 55.5 Å². The second kappa shape index (κ2) is 5.91. The molecule has 1 heterocycles. The number of hydrogen-bond acceptors (Lipinski definition) is 3. The molecule has 5 heteroatoms. The number of furan rings is 1. The summed E-state index contributed by atoms with van der Waals surface area (Å²) in [6, 6.07) is 1.45. The Balaban J connectivity index is 2.47. The summed E-state index contributed by atoms with van der Waals surface area (Å²) in [5.41, 5.74) is 0.258. The molecule has 0 aromatic carbocycles. The van der Waals surface area contributed by atoms with Gasteiger partial charge in [0.1, 0.15) is 17.1 Å². The lowest BCUT2D eigenvalue weighted by Gasteiger charge is -2.17. The number of amides is 1. The number of hydrogen-bond donors (Lipinski definition) is 2. The Hall–Kier alpha value is -1.78. The van der Waals surface area contributed by atoms with Crippen molar-refractivity contribution >= 4 is 11.9 Å². The summed E-state index contributed by atoms with van der Waals surface area (Å²) in [5, 5.41) is 11.6. The molecule has 0 atom stereocenters. The average Bonchev–Trinajstić information content (AvgIpc) is 2.64. The molecule has 0 saturated carbocycles. The van der Waals surface area contributed by atoms with E-state index in [1.165, 1.54) is 6.07 Å². The van der Waals surface area contributed by atoms with E-state index in [9.17, 15) is 9.59 Å². The number of carbonyl (C=O) groups excluding carboxylic acids is 1. The van der Waals surface area contributed by atoms with Gasteiger partial charge in [-0.15, -0.1) is 0 Å². The van der Waals surface area contributed by atoms with Crippen molar-refractivity contribution in [3.05, 3.63) is 23.2 Å². The standard InChI is InChI=1S/C14H21NO4/c1-9-11(13(17)18)7-10(19-9)8-15-12(16)5-6-14(2,3)4/h7H,5-6,8H2,1-4H3,(H,15,16)(H,17,18). The molecule has 0 aliphatic carbocycles. The topological polar surface area (TPSA) is 79.5 Å². The monoisotopic (exact) mass is 267 g/mol. The largest absolute Gasteiger partial charge is 0.478 e. The van der Waals surface area contributed by atoms with E-state index >= 15 is 0 Å². The van der Waals surface area contributed by atoms with Gasteiger partial charge in [0.25, 0.3) is 0 Å². The highest BCUT2D eigenvalue weighted by Crippen LogP contribution is 2.20. The summed E-state index contributed by atoms with van der Waals surface area (Å²) in [7, 11) is 0.